The minimum absolute atomic E-state index is 0. The van der Waals surface area contributed by atoms with Gasteiger partial charge in [0.05, 0.1) is 0 Å². The topological polar surface area (TPSA) is 75.7 Å². The van der Waals surface area contributed by atoms with Crippen LogP contribution in [0, 0.1) is 0 Å². The Kier molecular flexibility index (Phi) is 9.45. The third-order valence-electron chi connectivity index (χ3n) is 4.67. The number of rotatable bonds is 6. The molecule has 4 rings (SSSR count). The third-order valence-corrected chi connectivity index (χ3v) is 5.56. The maximum Gasteiger partial charge on any atom is 0.270 e. The molecule has 10 heteroatoms. The Morgan fingerprint density at radius 2 is 1.93 bits per heavy atom. The SMILES string of the molecule is Cl.Cl.O=C(NCCCN1CCNCC1)c1csc(-c2ccc3c(c2)OCCO3)n1. The first-order valence-electron chi connectivity index (χ1n) is 9.36. The van der Waals surface area contributed by atoms with Crippen LogP contribution in [0.4, 0.5) is 0 Å². The lowest BCUT2D eigenvalue weighted by Gasteiger charge is -2.26. The number of thiazole rings is 1. The number of carbonyl (C=O) groups excluding carboxylic acids is 1. The van der Waals surface area contributed by atoms with Gasteiger partial charge in [0.2, 0.25) is 0 Å². The minimum Gasteiger partial charge on any atom is -0.486 e. The molecule has 3 heterocycles. The first kappa shape index (κ1) is 23.7. The van der Waals surface area contributed by atoms with Gasteiger partial charge in [-0.2, -0.15) is 0 Å². The molecule has 1 aromatic carbocycles. The van der Waals surface area contributed by atoms with Gasteiger partial charge in [-0.05, 0) is 31.2 Å². The molecule has 2 aliphatic heterocycles. The summed E-state index contributed by atoms with van der Waals surface area (Å²) in [5.74, 6) is 1.37. The summed E-state index contributed by atoms with van der Waals surface area (Å²) in [7, 11) is 0. The van der Waals surface area contributed by atoms with Crippen molar-refractivity contribution in [2.75, 3.05) is 52.5 Å². The summed E-state index contributed by atoms with van der Waals surface area (Å²) >= 11 is 1.46. The molecule has 0 radical (unpaired) electrons. The van der Waals surface area contributed by atoms with Crippen LogP contribution in [-0.2, 0) is 0 Å². The molecular formula is C19H26Cl2N4O3S. The second kappa shape index (κ2) is 11.6. The van der Waals surface area contributed by atoms with Crippen molar-refractivity contribution in [3.8, 4) is 22.1 Å². The number of carbonyl (C=O) groups is 1. The summed E-state index contributed by atoms with van der Waals surface area (Å²) in [6.07, 6.45) is 0.949. The van der Waals surface area contributed by atoms with E-state index in [0.717, 1.165) is 61.2 Å². The van der Waals surface area contributed by atoms with Gasteiger partial charge < -0.3 is 25.0 Å². The van der Waals surface area contributed by atoms with Gasteiger partial charge in [0.25, 0.3) is 5.91 Å². The van der Waals surface area contributed by atoms with Gasteiger partial charge in [-0.1, -0.05) is 0 Å². The Bertz CT molecular complexity index is 800. The van der Waals surface area contributed by atoms with Crippen molar-refractivity contribution in [1.82, 2.24) is 20.5 Å². The fraction of sp³-hybridized carbons (Fsp3) is 0.474. The van der Waals surface area contributed by atoms with Crippen LogP contribution in [-0.4, -0.2) is 68.3 Å². The maximum absolute atomic E-state index is 12.3. The highest BCUT2D eigenvalue weighted by Crippen LogP contribution is 2.35. The molecule has 1 aromatic heterocycles. The fourth-order valence-electron chi connectivity index (χ4n) is 3.22. The van der Waals surface area contributed by atoms with E-state index < -0.39 is 0 Å². The van der Waals surface area contributed by atoms with E-state index in [1.165, 1.54) is 11.3 Å². The molecule has 7 nitrogen and oxygen atoms in total. The number of nitrogens with zero attached hydrogens (tertiary/aromatic N) is 2. The van der Waals surface area contributed by atoms with Crippen molar-refractivity contribution in [3.05, 3.63) is 29.3 Å². The maximum atomic E-state index is 12.3. The number of nitrogens with one attached hydrogen (secondary N) is 2. The molecule has 1 fully saturated rings. The Morgan fingerprint density at radius 3 is 2.72 bits per heavy atom. The third kappa shape index (κ3) is 6.20. The number of piperazine rings is 1. The van der Waals surface area contributed by atoms with Crippen molar-refractivity contribution in [1.29, 1.82) is 0 Å². The smallest absolute Gasteiger partial charge is 0.270 e. The fourth-order valence-corrected chi connectivity index (χ4v) is 4.01. The zero-order chi connectivity index (χ0) is 18.5. The first-order valence-corrected chi connectivity index (χ1v) is 10.2. The van der Waals surface area contributed by atoms with Gasteiger partial charge >= 0.3 is 0 Å². The van der Waals surface area contributed by atoms with Crippen molar-refractivity contribution in [2.24, 2.45) is 0 Å². The molecule has 2 N–H and O–H groups in total. The number of aromatic nitrogens is 1. The molecule has 0 aliphatic carbocycles. The van der Waals surface area contributed by atoms with Crippen LogP contribution in [0.5, 0.6) is 11.5 Å². The van der Waals surface area contributed by atoms with Crippen LogP contribution in [0.2, 0.25) is 0 Å². The lowest BCUT2D eigenvalue weighted by atomic mass is 10.2. The van der Waals surface area contributed by atoms with Gasteiger partial charge in [0, 0.05) is 43.7 Å². The predicted molar refractivity (Wildman–Crippen MR) is 119 cm³/mol. The van der Waals surface area contributed by atoms with Crippen molar-refractivity contribution in [2.45, 2.75) is 6.42 Å². The normalized spacial score (nSPS) is 15.7. The number of halogens is 2. The lowest BCUT2D eigenvalue weighted by Crippen LogP contribution is -2.44. The van der Waals surface area contributed by atoms with E-state index >= 15 is 0 Å². The molecule has 0 spiro atoms. The highest BCUT2D eigenvalue weighted by molar-refractivity contribution is 7.13. The van der Waals surface area contributed by atoms with E-state index in [1.54, 1.807) is 5.38 Å². The standard InChI is InChI=1S/C19H24N4O3S.2ClH/c24-18(21-4-1-7-23-8-5-20-6-9-23)15-13-27-19(22-15)14-2-3-16-17(12-14)26-11-10-25-16;;/h2-3,12-13,20H,1,4-11H2,(H,21,24);2*1H. The molecule has 1 amide bonds. The molecule has 2 aromatic rings. The number of amides is 1. The molecule has 1 saturated heterocycles. The second-order valence-electron chi connectivity index (χ2n) is 6.60. The van der Waals surface area contributed by atoms with Crippen molar-refractivity contribution in [3.63, 3.8) is 0 Å². The van der Waals surface area contributed by atoms with Crippen LogP contribution >= 0.6 is 36.2 Å². The zero-order valence-electron chi connectivity index (χ0n) is 16.0. The summed E-state index contributed by atoms with van der Waals surface area (Å²) in [6, 6.07) is 5.76. The van der Waals surface area contributed by atoms with Gasteiger partial charge in [-0.15, -0.1) is 36.2 Å². The van der Waals surface area contributed by atoms with Crippen LogP contribution in [0.25, 0.3) is 10.6 Å². The van der Waals surface area contributed by atoms with Crippen LogP contribution in [0.3, 0.4) is 0 Å². The zero-order valence-corrected chi connectivity index (χ0v) is 18.5. The highest BCUT2D eigenvalue weighted by Gasteiger charge is 2.16. The largest absolute Gasteiger partial charge is 0.486 e. The monoisotopic (exact) mass is 460 g/mol. The van der Waals surface area contributed by atoms with Crippen LogP contribution in [0.15, 0.2) is 23.6 Å². The molecule has 0 unspecified atom stereocenters. The molecular weight excluding hydrogens is 435 g/mol. The number of hydrogen-bond acceptors (Lipinski definition) is 7. The second-order valence-corrected chi connectivity index (χ2v) is 7.46. The van der Waals surface area contributed by atoms with Gasteiger partial charge in [0.15, 0.2) is 11.5 Å². The molecule has 0 saturated carbocycles. The highest BCUT2D eigenvalue weighted by atomic mass is 35.5. The van der Waals surface area contributed by atoms with Gasteiger partial charge in [-0.3, -0.25) is 4.79 Å². The lowest BCUT2D eigenvalue weighted by molar-refractivity contribution is 0.0947. The molecule has 0 atom stereocenters. The molecule has 0 bridgehead atoms. The van der Waals surface area contributed by atoms with E-state index in [4.69, 9.17) is 9.47 Å². The summed E-state index contributed by atoms with van der Waals surface area (Å²) in [6.45, 7) is 7.07. The number of hydrogen-bond donors (Lipinski definition) is 2. The Labute approximate surface area is 187 Å². The van der Waals surface area contributed by atoms with E-state index in [0.29, 0.717) is 25.5 Å². The summed E-state index contributed by atoms with van der Waals surface area (Å²) in [5, 5.41) is 8.92. The average Bonchev–Trinajstić information content (AvgIpc) is 3.22. The quantitative estimate of drug-likeness (QED) is 0.644. The Balaban J connectivity index is 0.00000150. The van der Waals surface area contributed by atoms with E-state index in [-0.39, 0.29) is 30.7 Å². The summed E-state index contributed by atoms with van der Waals surface area (Å²) in [5.41, 5.74) is 1.40. The number of fused-ring (bicyclic) bond motifs is 1. The van der Waals surface area contributed by atoms with Crippen molar-refractivity contribution >= 4 is 42.1 Å². The van der Waals surface area contributed by atoms with E-state index in [2.05, 4.69) is 20.5 Å². The average molecular weight is 461 g/mol. The van der Waals surface area contributed by atoms with E-state index in [9.17, 15) is 4.79 Å². The molecule has 160 valence electrons. The van der Waals surface area contributed by atoms with Gasteiger partial charge in [0.1, 0.15) is 23.9 Å². The van der Waals surface area contributed by atoms with E-state index in [1.807, 2.05) is 18.2 Å². The van der Waals surface area contributed by atoms with Crippen molar-refractivity contribution < 1.29 is 14.3 Å². The Hall–Kier alpha value is -1.58. The summed E-state index contributed by atoms with van der Waals surface area (Å²) in [4.78, 5) is 19.2. The summed E-state index contributed by atoms with van der Waals surface area (Å²) < 4.78 is 11.2. The van der Waals surface area contributed by atoms with Crippen LogP contribution < -0.4 is 20.1 Å². The Morgan fingerprint density at radius 1 is 1.17 bits per heavy atom. The van der Waals surface area contributed by atoms with Crippen LogP contribution in [0.1, 0.15) is 16.9 Å². The number of benzene rings is 1. The minimum atomic E-state index is -0.115. The predicted octanol–water partition coefficient (Wildman–Crippen LogP) is 2.45. The number of ether oxygens (including phenoxy) is 2. The first-order chi connectivity index (χ1) is 13.3. The molecule has 29 heavy (non-hydrogen) atoms. The molecule has 2 aliphatic rings. The van der Waals surface area contributed by atoms with Gasteiger partial charge in [-0.25, -0.2) is 4.98 Å².